The highest BCUT2D eigenvalue weighted by Gasteiger charge is 2.16. The van der Waals surface area contributed by atoms with Gasteiger partial charge in [-0.25, -0.2) is 15.0 Å². The molecule has 6 nitrogen and oxygen atoms in total. The summed E-state index contributed by atoms with van der Waals surface area (Å²) in [7, 11) is 0. The molecule has 0 aliphatic carbocycles. The average Bonchev–Trinajstić information content (AvgIpc) is 3.26. The zero-order chi connectivity index (χ0) is 23.5. The van der Waals surface area contributed by atoms with Gasteiger partial charge in [-0.1, -0.05) is 24.3 Å². The third-order valence-corrected chi connectivity index (χ3v) is 6.06. The molecule has 9 heteroatoms. The summed E-state index contributed by atoms with van der Waals surface area (Å²) in [4.78, 5) is 13.3. The number of thiazole rings is 1. The largest absolute Gasteiger partial charge is 0.490 e. The molecule has 0 amide bonds. The summed E-state index contributed by atoms with van der Waals surface area (Å²) in [6.45, 7) is -0.267. The normalized spacial score (nSPS) is 11.3. The van der Waals surface area contributed by atoms with Crippen molar-refractivity contribution in [1.29, 1.82) is 0 Å². The summed E-state index contributed by atoms with van der Waals surface area (Å²) in [6, 6.07) is 19.0. The number of nitrogens with zero attached hydrogens (tertiary/aromatic N) is 3. The van der Waals surface area contributed by atoms with E-state index in [0.717, 1.165) is 32.1 Å². The van der Waals surface area contributed by atoms with Crippen molar-refractivity contribution in [2.75, 3.05) is 13.2 Å². The topological polar surface area (TPSA) is 66.4 Å². The second-order valence-electron chi connectivity index (χ2n) is 7.40. The van der Waals surface area contributed by atoms with E-state index in [1.165, 1.54) is 17.5 Å². The van der Waals surface area contributed by atoms with Crippen LogP contribution in [-0.2, 0) is 0 Å². The van der Waals surface area contributed by atoms with Gasteiger partial charge < -0.3 is 14.2 Å². The van der Waals surface area contributed by atoms with E-state index < -0.39 is 6.61 Å². The van der Waals surface area contributed by atoms with Crippen LogP contribution in [0.3, 0.4) is 0 Å². The van der Waals surface area contributed by atoms with Crippen molar-refractivity contribution in [3.8, 4) is 28.0 Å². The molecule has 0 fully saturated rings. The number of hydrogen-bond donors (Lipinski definition) is 0. The minimum absolute atomic E-state index is 0.225. The Kier molecular flexibility index (Phi) is 6.18. The number of para-hydroxylation sites is 1. The summed E-state index contributed by atoms with van der Waals surface area (Å²) in [5, 5.41) is 0.733. The molecule has 3 aromatic carbocycles. The highest BCUT2D eigenvalue weighted by molar-refractivity contribution is 7.22. The number of rotatable bonds is 8. The van der Waals surface area contributed by atoms with E-state index >= 15 is 0 Å². The van der Waals surface area contributed by atoms with Crippen LogP contribution >= 0.6 is 11.3 Å². The first-order valence-electron chi connectivity index (χ1n) is 10.5. The van der Waals surface area contributed by atoms with E-state index in [9.17, 15) is 8.78 Å². The second-order valence-corrected chi connectivity index (χ2v) is 8.40. The quantitative estimate of drug-likeness (QED) is 0.244. The summed E-state index contributed by atoms with van der Waals surface area (Å²) < 4.78 is 42.1. The van der Waals surface area contributed by atoms with Crippen LogP contribution in [0.25, 0.3) is 31.8 Å². The number of aromatic nitrogens is 3. The van der Waals surface area contributed by atoms with Crippen LogP contribution in [0.2, 0.25) is 0 Å². The summed E-state index contributed by atoms with van der Waals surface area (Å²) in [5.74, 6) is 1.28. The molecule has 0 radical (unpaired) electrons. The lowest BCUT2D eigenvalue weighted by molar-refractivity contribution is -0.0528. The van der Waals surface area contributed by atoms with Crippen molar-refractivity contribution < 1.29 is 23.0 Å². The monoisotopic (exact) mass is 479 g/mol. The van der Waals surface area contributed by atoms with Crippen LogP contribution in [0, 0.1) is 6.92 Å². The summed E-state index contributed by atoms with van der Waals surface area (Å²) in [6.07, 6.45) is 1.20. The molecule has 0 unspecified atom stereocenters. The minimum atomic E-state index is -2.96. The fraction of sp³-hybridized carbons (Fsp3) is 0.160. The first-order valence-corrected chi connectivity index (χ1v) is 11.3. The van der Waals surface area contributed by atoms with Gasteiger partial charge in [-0.2, -0.15) is 8.78 Å². The van der Waals surface area contributed by atoms with Crippen molar-refractivity contribution in [3.05, 3.63) is 72.4 Å². The van der Waals surface area contributed by atoms with Gasteiger partial charge in [0.2, 0.25) is 5.88 Å². The minimum Gasteiger partial charge on any atom is -0.490 e. The third kappa shape index (κ3) is 4.74. The SMILES string of the molecule is Cc1cc(-c2nc3cccc(OCCOc4ccccc4)c3s2)c2ncc(OC(F)F)nc2c1. The van der Waals surface area contributed by atoms with E-state index in [1.807, 2.05) is 61.5 Å². The molecule has 0 N–H and O–H groups in total. The number of ether oxygens (including phenoxy) is 3. The third-order valence-electron chi connectivity index (χ3n) is 4.94. The molecule has 0 saturated carbocycles. The Labute approximate surface area is 197 Å². The van der Waals surface area contributed by atoms with Crippen LogP contribution in [0.1, 0.15) is 5.56 Å². The Morgan fingerprint density at radius 1 is 0.912 bits per heavy atom. The fourth-order valence-electron chi connectivity index (χ4n) is 3.54. The number of hydrogen-bond acceptors (Lipinski definition) is 7. The first-order chi connectivity index (χ1) is 16.6. The van der Waals surface area contributed by atoms with Crippen LogP contribution in [0.15, 0.2) is 66.9 Å². The molecule has 0 spiro atoms. The highest BCUT2D eigenvalue weighted by Crippen LogP contribution is 2.38. The molecule has 0 atom stereocenters. The van der Waals surface area contributed by atoms with Gasteiger partial charge in [0, 0.05) is 5.56 Å². The fourth-order valence-corrected chi connectivity index (χ4v) is 4.59. The highest BCUT2D eigenvalue weighted by atomic mass is 32.1. The maximum atomic E-state index is 12.6. The number of fused-ring (bicyclic) bond motifs is 2. The molecule has 0 aliphatic rings. The van der Waals surface area contributed by atoms with Gasteiger partial charge in [-0.05, 0) is 48.9 Å². The molecule has 0 aliphatic heterocycles. The lowest BCUT2D eigenvalue weighted by Crippen LogP contribution is -2.08. The molecule has 0 bridgehead atoms. The predicted octanol–water partition coefficient (Wildman–Crippen LogP) is 6.27. The van der Waals surface area contributed by atoms with Crippen molar-refractivity contribution in [2.45, 2.75) is 13.5 Å². The molecule has 2 aromatic heterocycles. The van der Waals surface area contributed by atoms with E-state index in [2.05, 4.69) is 14.7 Å². The summed E-state index contributed by atoms with van der Waals surface area (Å²) >= 11 is 1.47. The zero-order valence-corrected chi connectivity index (χ0v) is 18.9. The molecule has 34 heavy (non-hydrogen) atoms. The molecule has 0 saturated heterocycles. The lowest BCUT2D eigenvalue weighted by atomic mass is 10.1. The Hall–Kier alpha value is -3.85. The van der Waals surface area contributed by atoms with Gasteiger partial charge in [0.25, 0.3) is 0 Å². The lowest BCUT2D eigenvalue weighted by Gasteiger charge is -2.08. The first kappa shape index (κ1) is 22.0. The average molecular weight is 480 g/mol. The van der Waals surface area contributed by atoms with Crippen LogP contribution in [0.4, 0.5) is 8.78 Å². The maximum absolute atomic E-state index is 12.6. The molecular formula is C25H19F2N3O3S. The van der Waals surface area contributed by atoms with Gasteiger partial charge in [0.05, 0.1) is 27.4 Å². The van der Waals surface area contributed by atoms with Crippen molar-refractivity contribution in [2.24, 2.45) is 0 Å². The van der Waals surface area contributed by atoms with Crippen LogP contribution in [0.5, 0.6) is 17.4 Å². The Morgan fingerprint density at radius 2 is 1.74 bits per heavy atom. The smallest absolute Gasteiger partial charge is 0.388 e. The molecule has 2 heterocycles. The Bertz CT molecular complexity index is 1440. The van der Waals surface area contributed by atoms with Crippen LogP contribution in [-0.4, -0.2) is 34.8 Å². The van der Waals surface area contributed by atoms with E-state index in [4.69, 9.17) is 14.5 Å². The standard InChI is InChI=1S/C25H19F2N3O3S/c1-15-12-17(22-19(13-15)29-21(14-28-22)33-25(26)27)24-30-18-8-5-9-20(23(18)34-24)32-11-10-31-16-6-3-2-4-7-16/h2-9,12-14,25H,10-11H2,1H3. The number of benzene rings is 3. The maximum Gasteiger partial charge on any atom is 0.388 e. The molecular weight excluding hydrogens is 460 g/mol. The predicted molar refractivity (Wildman–Crippen MR) is 127 cm³/mol. The van der Waals surface area contributed by atoms with E-state index in [0.29, 0.717) is 30.0 Å². The number of halogens is 2. The van der Waals surface area contributed by atoms with Crippen molar-refractivity contribution >= 4 is 32.6 Å². The Morgan fingerprint density at radius 3 is 2.56 bits per heavy atom. The van der Waals surface area contributed by atoms with E-state index in [1.54, 1.807) is 6.07 Å². The van der Waals surface area contributed by atoms with Gasteiger partial charge >= 0.3 is 6.61 Å². The summed E-state index contributed by atoms with van der Waals surface area (Å²) in [5.41, 5.74) is 3.49. The van der Waals surface area contributed by atoms with Gasteiger partial charge in [-0.3, -0.25) is 0 Å². The molecule has 5 rings (SSSR count). The number of aryl methyl sites for hydroxylation is 1. The van der Waals surface area contributed by atoms with Gasteiger partial charge in [0.1, 0.15) is 29.7 Å². The Balaban J connectivity index is 1.42. The van der Waals surface area contributed by atoms with Crippen LogP contribution < -0.4 is 14.2 Å². The number of alkyl halides is 2. The second kappa shape index (κ2) is 9.56. The zero-order valence-electron chi connectivity index (χ0n) is 18.1. The van der Waals surface area contributed by atoms with E-state index in [-0.39, 0.29) is 5.88 Å². The molecule has 5 aromatic rings. The molecule has 172 valence electrons. The van der Waals surface area contributed by atoms with Gasteiger partial charge in [-0.15, -0.1) is 11.3 Å². The van der Waals surface area contributed by atoms with Crippen molar-refractivity contribution in [3.63, 3.8) is 0 Å². The van der Waals surface area contributed by atoms with Crippen molar-refractivity contribution in [1.82, 2.24) is 15.0 Å². The van der Waals surface area contributed by atoms with Gasteiger partial charge in [0.15, 0.2) is 0 Å².